The second-order valence-electron chi connectivity index (χ2n) is 6.95. The van der Waals surface area contributed by atoms with E-state index in [2.05, 4.69) is 5.32 Å². The largest absolute Gasteiger partial charge is 0.341 e. The van der Waals surface area contributed by atoms with Crippen LogP contribution in [0.3, 0.4) is 0 Å². The van der Waals surface area contributed by atoms with Gasteiger partial charge < -0.3 is 20.9 Å². The lowest BCUT2D eigenvalue weighted by Crippen LogP contribution is -2.43. The van der Waals surface area contributed by atoms with Crippen LogP contribution in [0.4, 0.5) is 11.4 Å². The number of carbonyl (C=O) groups is 3. The van der Waals surface area contributed by atoms with Crippen molar-refractivity contribution in [2.45, 2.75) is 19.3 Å². The van der Waals surface area contributed by atoms with Crippen molar-refractivity contribution in [3.63, 3.8) is 0 Å². The molecule has 1 aliphatic rings. The van der Waals surface area contributed by atoms with Crippen LogP contribution in [0.15, 0.2) is 54.6 Å². The maximum Gasteiger partial charge on any atom is 0.244 e. The summed E-state index contributed by atoms with van der Waals surface area (Å²) >= 11 is 0. The molecule has 0 saturated carbocycles. The van der Waals surface area contributed by atoms with Crippen molar-refractivity contribution in [3.8, 4) is 0 Å². The minimum atomic E-state index is -0.240. The van der Waals surface area contributed by atoms with Gasteiger partial charge in [0, 0.05) is 32.5 Å². The summed E-state index contributed by atoms with van der Waals surface area (Å²) in [5.74, 6) is -0.582. The fraction of sp³-hybridized carbons (Fsp3) is 0.318. The van der Waals surface area contributed by atoms with Gasteiger partial charge >= 0.3 is 0 Å². The van der Waals surface area contributed by atoms with Crippen LogP contribution in [0.25, 0.3) is 0 Å². The molecule has 2 aromatic rings. The molecule has 0 fully saturated rings. The SMILES string of the molecule is NCCN(CCc1ccccc1)C(=O)CCC(=O)N1CC(=O)Nc2ccccc21. The molecule has 0 bridgehead atoms. The zero-order valence-corrected chi connectivity index (χ0v) is 16.3. The molecule has 3 rings (SSSR count). The van der Waals surface area contributed by atoms with Crippen molar-refractivity contribution in [1.82, 2.24) is 4.90 Å². The lowest BCUT2D eigenvalue weighted by Gasteiger charge is -2.29. The van der Waals surface area contributed by atoms with Crippen LogP contribution in [0, 0.1) is 0 Å². The van der Waals surface area contributed by atoms with E-state index in [1.54, 1.807) is 23.1 Å². The van der Waals surface area contributed by atoms with Crippen molar-refractivity contribution in [3.05, 3.63) is 60.2 Å². The van der Waals surface area contributed by atoms with Crippen LogP contribution in [-0.4, -0.2) is 48.8 Å². The minimum absolute atomic E-state index is 0.0371. The zero-order chi connectivity index (χ0) is 20.6. The molecule has 0 saturated heterocycles. The Morgan fingerprint density at radius 1 is 1.00 bits per heavy atom. The number of hydrogen-bond donors (Lipinski definition) is 2. The van der Waals surface area contributed by atoms with Gasteiger partial charge in [0.05, 0.1) is 11.4 Å². The fourth-order valence-corrected chi connectivity index (χ4v) is 3.39. The number of nitrogens with one attached hydrogen (secondary N) is 1. The molecule has 2 aromatic carbocycles. The molecule has 0 radical (unpaired) electrons. The number of carbonyl (C=O) groups excluding carboxylic acids is 3. The monoisotopic (exact) mass is 394 g/mol. The second kappa shape index (κ2) is 9.84. The van der Waals surface area contributed by atoms with Gasteiger partial charge in [0.2, 0.25) is 17.7 Å². The molecule has 7 heteroatoms. The molecule has 152 valence electrons. The summed E-state index contributed by atoms with van der Waals surface area (Å²) in [7, 11) is 0. The average Bonchev–Trinajstić information content (AvgIpc) is 2.74. The maximum absolute atomic E-state index is 12.7. The Hall–Kier alpha value is -3.19. The molecule has 1 aliphatic heterocycles. The first-order valence-corrected chi connectivity index (χ1v) is 9.79. The smallest absolute Gasteiger partial charge is 0.244 e. The van der Waals surface area contributed by atoms with Crippen LogP contribution < -0.4 is 16.0 Å². The molecule has 29 heavy (non-hydrogen) atoms. The Labute approximate surface area is 170 Å². The van der Waals surface area contributed by atoms with Gasteiger partial charge in [0.15, 0.2) is 0 Å². The van der Waals surface area contributed by atoms with Gasteiger partial charge in [-0.25, -0.2) is 0 Å². The van der Waals surface area contributed by atoms with E-state index in [9.17, 15) is 14.4 Å². The number of fused-ring (bicyclic) bond motifs is 1. The molecule has 0 atom stereocenters. The Morgan fingerprint density at radius 3 is 2.48 bits per heavy atom. The fourth-order valence-electron chi connectivity index (χ4n) is 3.39. The van der Waals surface area contributed by atoms with Gasteiger partial charge in [0.25, 0.3) is 0 Å². The summed E-state index contributed by atoms with van der Waals surface area (Å²) < 4.78 is 0. The number of rotatable bonds is 8. The Bertz CT molecular complexity index is 869. The van der Waals surface area contributed by atoms with Crippen LogP contribution >= 0.6 is 0 Å². The molecular formula is C22H26N4O3. The first kappa shape index (κ1) is 20.5. The molecule has 1 heterocycles. The van der Waals surface area contributed by atoms with Gasteiger partial charge in [0.1, 0.15) is 6.54 Å². The number of anilines is 2. The van der Waals surface area contributed by atoms with Crippen LogP contribution in [0.1, 0.15) is 18.4 Å². The summed E-state index contributed by atoms with van der Waals surface area (Å²) in [4.78, 5) is 40.4. The molecule has 0 spiro atoms. The molecule has 0 unspecified atom stereocenters. The lowest BCUT2D eigenvalue weighted by molar-refractivity contribution is -0.133. The van der Waals surface area contributed by atoms with E-state index in [0.29, 0.717) is 31.0 Å². The first-order chi connectivity index (χ1) is 14.1. The molecule has 7 nitrogen and oxygen atoms in total. The summed E-state index contributed by atoms with van der Waals surface area (Å²) in [5, 5.41) is 2.75. The highest BCUT2D eigenvalue weighted by Crippen LogP contribution is 2.29. The maximum atomic E-state index is 12.7. The molecule has 0 aromatic heterocycles. The van der Waals surface area contributed by atoms with Gasteiger partial charge in [-0.1, -0.05) is 42.5 Å². The number of benzene rings is 2. The van der Waals surface area contributed by atoms with Gasteiger partial charge in [-0.05, 0) is 24.1 Å². The van der Waals surface area contributed by atoms with E-state index < -0.39 is 0 Å². The lowest BCUT2D eigenvalue weighted by atomic mass is 10.1. The third-order valence-electron chi connectivity index (χ3n) is 4.89. The molecule has 3 N–H and O–H groups in total. The van der Waals surface area contributed by atoms with Crippen molar-refractivity contribution in [2.24, 2.45) is 5.73 Å². The summed E-state index contributed by atoms with van der Waals surface area (Å²) in [6, 6.07) is 17.1. The highest BCUT2D eigenvalue weighted by molar-refractivity contribution is 6.10. The van der Waals surface area contributed by atoms with Gasteiger partial charge in [-0.15, -0.1) is 0 Å². The third-order valence-corrected chi connectivity index (χ3v) is 4.89. The van der Waals surface area contributed by atoms with E-state index in [-0.39, 0.29) is 37.1 Å². The normalized spacial score (nSPS) is 12.9. The Kier molecular flexibility index (Phi) is 6.97. The van der Waals surface area contributed by atoms with Crippen LogP contribution in [0.2, 0.25) is 0 Å². The molecule has 3 amide bonds. The Balaban J connectivity index is 1.58. The van der Waals surface area contributed by atoms with E-state index in [1.165, 1.54) is 4.90 Å². The number of nitrogens with zero attached hydrogens (tertiary/aromatic N) is 2. The highest BCUT2D eigenvalue weighted by Gasteiger charge is 2.27. The predicted molar refractivity (Wildman–Crippen MR) is 112 cm³/mol. The summed E-state index contributed by atoms with van der Waals surface area (Å²) in [6.07, 6.45) is 0.876. The quantitative estimate of drug-likeness (QED) is 0.713. The zero-order valence-electron chi connectivity index (χ0n) is 16.3. The van der Waals surface area contributed by atoms with Gasteiger partial charge in [-0.2, -0.15) is 0 Å². The van der Waals surface area contributed by atoms with Gasteiger partial charge in [-0.3, -0.25) is 14.4 Å². The number of nitrogens with two attached hydrogens (primary N) is 1. The van der Waals surface area contributed by atoms with Crippen molar-refractivity contribution in [1.29, 1.82) is 0 Å². The van der Waals surface area contributed by atoms with E-state index in [4.69, 9.17) is 5.73 Å². The standard InChI is InChI=1S/C22H26N4O3/c23-13-15-25(14-12-17-6-2-1-3-7-17)21(28)10-11-22(29)26-16-20(27)24-18-8-4-5-9-19(18)26/h1-9H,10-16,23H2,(H,24,27). The van der Waals surface area contributed by atoms with E-state index in [1.807, 2.05) is 36.4 Å². The van der Waals surface area contributed by atoms with Crippen molar-refractivity contribution in [2.75, 3.05) is 36.4 Å². The molecular weight excluding hydrogens is 368 g/mol. The van der Waals surface area contributed by atoms with Crippen molar-refractivity contribution >= 4 is 29.1 Å². The minimum Gasteiger partial charge on any atom is -0.341 e. The van der Waals surface area contributed by atoms with E-state index >= 15 is 0 Å². The summed E-state index contributed by atoms with van der Waals surface area (Å²) in [5.41, 5.74) is 8.08. The van der Waals surface area contributed by atoms with Crippen LogP contribution in [-0.2, 0) is 20.8 Å². The number of amides is 3. The summed E-state index contributed by atoms with van der Waals surface area (Å²) in [6.45, 7) is 1.34. The highest BCUT2D eigenvalue weighted by atomic mass is 16.2. The molecule has 0 aliphatic carbocycles. The van der Waals surface area contributed by atoms with E-state index in [0.717, 1.165) is 12.0 Å². The number of hydrogen-bond acceptors (Lipinski definition) is 4. The Morgan fingerprint density at radius 2 is 1.72 bits per heavy atom. The second-order valence-corrected chi connectivity index (χ2v) is 6.95. The first-order valence-electron chi connectivity index (χ1n) is 9.79. The topological polar surface area (TPSA) is 95.7 Å². The predicted octanol–water partition coefficient (Wildman–Crippen LogP) is 1.78. The van der Waals surface area contributed by atoms with Crippen molar-refractivity contribution < 1.29 is 14.4 Å². The van der Waals surface area contributed by atoms with Crippen LogP contribution in [0.5, 0.6) is 0 Å². The third kappa shape index (κ3) is 5.42. The average molecular weight is 394 g/mol. The number of para-hydroxylation sites is 2.